The van der Waals surface area contributed by atoms with Gasteiger partial charge in [-0.1, -0.05) is 52.8 Å². The number of allylic oxidation sites excluding steroid dienone is 4. The van der Waals surface area contributed by atoms with Gasteiger partial charge < -0.3 is 9.47 Å². The van der Waals surface area contributed by atoms with Crippen LogP contribution in [0.2, 0.25) is 0 Å². The fourth-order valence-corrected chi connectivity index (χ4v) is 1.75. The molecule has 1 fully saturated rings. The van der Waals surface area contributed by atoms with Crippen LogP contribution in [0.25, 0.3) is 0 Å². The van der Waals surface area contributed by atoms with E-state index in [0.29, 0.717) is 12.5 Å². The van der Waals surface area contributed by atoms with Crippen molar-refractivity contribution in [2.24, 2.45) is 5.92 Å². The molecule has 3 heteroatoms. The minimum absolute atomic E-state index is 0.211. The molecule has 1 aliphatic carbocycles. The molecule has 22 heavy (non-hydrogen) atoms. The Morgan fingerprint density at radius 1 is 1.32 bits per heavy atom. The molecule has 3 nitrogen and oxygen atoms in total. The van der Waals surface area contributed by atoms with Crippen molar-refractivity contribution in [2.75, 3.05) is 13.7 Å². The minimum Gasteiger partial charge on any atom is -0.504 e. The fourth-order valence-electron chi connectivity index (χ4n) is 1.75. The van der Waals surface area contributed by atoms with Crippen molar-refractivity contribution in [1.82, 2.24) is 0 Å². The molecule has 0 saturated heterocycles. The molecule has 1 aliphatic rings. The summed E-state index contributed by atoms with van der Waals surface area (Å²) in [4.78, 5) is 9.82. The van der Waals surface area contributed by atoms with Gasteiger partial charge in [-0.05, 0) is 37.3 Å². The van der Waals surface area contributed by atoms with E-state index in [0.717, 1.165) is 6.42 Å². The van der Waals surface area contributed by atoms with Gasteiger partial charge in [0.1, 0.15) is 0 Å². The average molecular weight is 312 g/mol. The van der Waals surface area contributed by atoms with Gasteiger partial charge in [-0.3, -0.25) is 4.79 Å². The van der Waals surface area contributed by atoms with E-state index in [9.17, 15) is 4.79 Å². The normalized spacial score (nSPS) is 17.5. The van der Waals surface area contributed by atoms with Crippen LogP contribution >= 0.6 is 0 Å². The van der Waals surface area contributed by atoms with Gasteiger partial charge in [0, 0.05) is 6.92 Å². The number of carbonyl (C=O) groups excluding carboxylic acids is 1. The lowest BCUT2D eigenvalue weighted by atomic mass is 10.0. The first kappa shape index (κ1) is 25.4. The summed E-state index contributed by atoms with van der Waals surface area (Å²) in [6, 6.07) is 0. The van der Waals surface area contributed by atoms with E-state index < -0.39 is 0 Å². The molecule has 0 bridgehead atoms. The zero-order chi connectivity index (χ0) is 18.0. The second-order valence-corrected chi connectivity index (χ2v) is 4.15. The summed E-state index contributed by atoms with van der Waals surface area (Å²) in [6.45, 7) is 17.9. The standard InChI is InChI=1S/C11H16O.C4H8O2.2C2H6/c1-9-6-7-10(2)11(9)5-4-8-12-3;1-3-6-4(2)5;2*1-2/h4-5,8,10H,1,6-7H2,2-3H3;3H2,1-2H3;2*1-2H3/b8-4+,11-5-;;;. The van der Waals surface area contributed by atoms with Crippen LogP contribution in [-0.2, 0) is 14.3 Å². The number of carbonyl (C=O) groups is 1. The van der Waals surface area contributed by atoms with Gasteiger partial charge in [-0.15, -0.1) is 0 Å². The molecule has 0 heterocycles. The molecule has 1 atom stereocenters. The quantitative estimate of drug-likeness (QED) is 0.496. The second kappa shape index (κ2) is 19.5. The molecule has 1 rings (SSSR count). The minimum atomic E-state index is -0.211. The third-order valence-corrected chi connectivity index (χ3v) is 2.66. The lowest BCUT2D eigenvalue weighted by Gasteiger charge is -2.02. The van der Waals surface area contributed by atoms with E-state index in [-0.39, 0.29) is 5.97 Å². The highest BCUT2D eigenvalue weighted by atomic mass is 16.5. The van der Waals surface area contributed by atoms with E-state index in [1.54, 1.807) is 20.3 Å². The molecule has 0 aromatic carbocycles. The third kappa shape index (κ3) is 14.9. The highest BCUT2D eigenvalue weighted by Gasteiger charge is 2.18. The number of esters is 1. The number of hydrogen-bond donors (Lipinski definition) is 0. The molecule has 0 amide bonds. The summed E-state index contributed by atoms with van der Waals surface area (Å²) in [5.74, 6) is 0.455. The Morgan fingerprint density at radius 3 is 2.14 bits per heavy atom. The Bertz CT molecular complexity index is 328. The summed E-state index contributed by atoms with van der Waals surface area (Å²) >= 11 is 0. The van der Waals surface area contributed by atoms with Crippen molar-refractivity contribution in [2.45, 2.75) is 61.3 Å². The second-order valence-electron chi connectivity index (χ2n) is 4.15. The summed E-state index contributed by atoms with van der Waals surface area (Å²) in [5.41, 5.74) is 2.66. The number of methoxy groups -OCH3 is 1. The van der Waals surface area contributed by atoms with E-state index in [4.69, 9.17) is 4.74 Å². The first-order valence-corrected chi connectivity index (χ1v) is 8.23. The predicted molar refractivity (Wildman–Crippen MR) is 96.8 cm³/mol. The van der Waals surface area contributed by atoms with Crippen LogP contribution in [0.1, 0.15) is 61.3 Å². The van der Waals surface area contributed by atoms with Crippen LogP contribution in [-0.4, -0.2) is 19.7 Å². The van der Waals surface area contributed by atoms with Crippen molar-refractivity contribution < 1.29 is 14.3 Å². The zero-order valence-corrected chi connectivity index (χ0v) is 15.9. The lowest BCUT2D eigenvalue weighted by molar-refractivity contribution is -0.140. The first-order valence-electron chi connectivity index (χ1n) is 8.23. The number of ether oxygens (including phenoxy) is 2. The highest BCUT2D eigenvalue weighted by molar-refractivity contribution is 5.65. The van der Waals surface area contributed by atoms with E-state index in [2.05, 4.69) is 24.3 Å². The summed E-state index contributed by atoms with van der Waals surface area (Å²) < 4.78 is 9.22. The Balaban J connectivity index is -0.000000306. The maximum atomic E-state index is 9.82. The fraction of sp³-hybridized carbons (Fsp3) is 0.632. The van der Waals surface area contributed by atoms with Gasteiger partial charge in [0.25, 0.3) is 0 Å². The Hall–Kier alpha value is -1.51. The van der Waals surface area contributed by atoms with Gasteiger partial charge >= 0.3 is 5.97 Å². The van der Waals surface area contributed by atoms with Gasteiger partial charge in [0.2, 0.25) is 0 Å². The smallest absolute Gasteiger partial charge is 0.302 e. The van der Waals surface area contributed by atoms with E-state index in [1.807, 2.05) is 33.8 Å². The molecular weight excluding hydrogens is 276 g/mol. The van der Waals surface area contributed by atoms with Crippen molar-refractivity contribution >= 4 is 5.97 Å². The monoisotopic (exact) mass is 312 g/mol. The maximum Gasteiger partial charge on any atom is 0.302 e. The van der Waals surface area contributed by atoms with E-state index >= 15 is 0 Å². The van der Waals surface area contributed by atoms with Gasteiger partial charge in [-0.2, -0.15) is 0 Å². The molecule has 0 aliphatic heterocycles. The van der Waals surface area contributed by atoms with Crippen LogP contribution in [0.3, 0.4) is 0 Å². The van der Waals surface area contributed by atoms with Crippen molar-refractivity contribution in [3.8, 4) is 0 Å². The lowest BCUT2D eigenvalue weighted by Crippen LogP contribution is -1.95. The molecular formula is C19H36O3. The zero-order valence-electron chi connectivity index (χ0n) is 15.9. The summed E-state index contributed by atoms with van der Waals surface area (Å²) in [6.07, 6.45) is 8.11. The van der Waals surface area contributed by atoms with Crippen LogP contribution in [0.15, 0.2) is 36.1 Å². The van der Waals surface area contributed by atoms with Gasteiger partial charge in [0.15, 0.2) is 0 Å². The van der Waals surface area contributed by atoms with Crippen LogP contribution in [0, 0.1) is 5.92 Å². The molecule has 130 valence electrons. The third-order valence-electron chi connectivity index (χ3n) is 2.66. The SMILES string of the molecule is C=C1CCC(C)/C1=C\C=C\OC.CC.CC.CCOC(C)=O. The molecule has 1 saturated carbocycles. The first-order chi connectivity index (χ1) is 10.5. The van der Waals surface area contributed by atoms with Crippen molar-refractivity contribution in [1.29, 1.82) is 0 Å². The highest BCUT2D eigenvalue weighted by Crippen LogP contribution is 2.34. The summed E-state index contributed by atoms with van der Waals surface area (Å²) in [7, 11) is 1.65. The largest absolute Gasteiger partial charge is 0.504 e. The molecule has 0 spiro atoms. The van der Waals surface area contributed by atoms with Crippen molar-refractivity contribution in [3.63, 3.8) is 0 Å². The molecule has 1 unspecified atom stereocenters. The Labute approximate surface area is 138 Å². The molecule has 0 N–H and O–H groups in total. The molecule has 0 aromatic rings. The van der Waals surface area contributed by atoms with Crippen LogP contribution in [0.4, 0.5) is 0 Å². The average Bonchev–Trinajstić information content (AvgIpc) is 2.84. The number of rotatable bonds is 3. The van der Waals surface area contributed by atoms with E-state index in [1.165, 1.54) is 24.5 Å². The van der Waals surface area contributed by atoms with Crippen LogP contribution in [0.5, 0.6) is 0 Å². The predicted octanol–water partition coefficient (Wildman–Crippen LogP) is 5.68. The Morgan fingerprint density at radius 2 is 1.86 bits per heavy atom. The topological polar surface area (TPSA) is 35.5 Å². The van der Waals surface area contributed by atoms with Gasteiger partial charge in [0.05, 0.1) is 20.0 Å². The Kier molecular flexibility index (Phi) is 22.5. The van der Waals surface area contributed by atoms with Crippen molar-refractivity contribution in [3.05, 3.63) is 36.1 Å². The maximum absolute atomic E-state index is 9.82. The summed E-state index contributed by atoms with van der Waals surface area (Å²) in [5, 5.41) is 0. The van der Waals surface area contributed by atoms with Gasteiger partial charge in [-0.25, -0.2) is 0 Å². The number of hydrogen-bond acceptors (Lipinski definition) is 3. The molecule has 0 aromatic heterocycles. The van der Waals surface area contributed by atoms with Crippen LogP contribution < -0.4 is 0 Å². The molecule has 0 radical (unpaired) electrons.